The molecule has 1 atom stereocenters. The summed E-state index contributed by atoms with van der Waals surface area (Å²) in [6.07, 6.45) is 0.915. The molecule has 0 radical (unpaired) electrons. The van der Waals surface area contributed by atoms with Crippen molar-refractivity contribution < 1.29 is 14.4 Å². The Hall–Kier alpha value is -4.30. The zero-order valence-electron chi connectivity index (χ0n) is 19.0. The number of aliphatic imine (C=N–C) groups is 1. The number of para-hydroxylation sites is 1. The molecule has 1 aliphatic carbocycles. The topological polar surface area (TPSA) is 99.7 Å². The van der Waals surface area contributed by atoms with Crippen LogP contribution in [0.2, 0.25) is 0 Å². The molecule has 0 saturated carbocycles. The highest BCUT2D eigenvalue weighted by molar-refractivity contribution is 9.12. The Kier molecular flexibility index (Phi) is 6.60. The molecule has 0 saturated heterocycles. The van der Waals surface area contributed by atoms with Crippen LogP contribution in [-0.2, 0) is 9.59 Å². The van der Waals surface area contributed by atoms with E-state index in [9.17, 15) is 14.4 Å². The van der Waals surface area contributed by atoms with Gasteiger partial charge in [0.15, 0.2) is 0 Å². The number of hydrogen-bond acceptors (Lipinski definition) is 4. The summed E-state index contributed by atoms with van der Waals surface area (Å²) in [5, 5.41) is 8.45. The first-order valence-electron chi connectivity index (χ1n) is 11.3. The van der Waals surface area contributed by atoms with Crippen molar-refractivity contribution >= 4 is 45.1 Å². The van der Waals surface area contributed by atoms with Gasteiger partial charge >= 0.3 is 0 Å². The SMILES string of the molecule is O=C(NC1N=C(c2ccccc2)c2ccccc2NC1=O)C1=CCC(NC(=O)c2ccccc2)=C1Br. The Morgan fingerprint density at radius 1 is 0.889 bits per heavy atom. The second-order valence-corrected chi connectivity index (χ2v) is 8.98. The molecule has 178 valence electrons. The van der Waals surface area contributed by atoms with Crippen molar-refractivity contribution in [3.8, 4) is 0 Å². The van der Waals surface area contributed by atoms with E-state index in [2.05, 4.69) is 36.9 Å². The van der Waals surface area contributed by atoms with Crippen LogP contribution in [0.15, 0.2) is 112 Å². The predicted octanol–water partition coefficient (Wildman–Crippen LogP) is 4.29. The molecule has 0 bridgehead atoms. The highest BCUT2D eigenvalue weighted by Gasteiger charge is 2.30. The van der Waals surface area contributed by atoms with Gasteiger partial charge in [0.25, 0.3) is 17.7 Å². The molecule has 1 heterocycles. The van der Waals surface area contributed by atoms with Crippen molar-refractivity contribution in [3.63, 3.8) is 0 Å². The van der Waals surface area contributed by atoms with E-state index >= 15 is 0 Å². The lowest BCUT2D eigenvalue weighted by Gasteiger charge is -2.14. The van der Waals surface area contributed by atoms with Crippen LogP contribution in [0.25, 0.3) is 0 Å². The fourth-order valence-corrected chi connectivity index (χ4v) is 4.63. The van der Waals surface area contributed by atoms with Gasteiger partial charge < -0.3 is 16.0 Å². The number of benzene rings is 3. The lowest BCUT2D eigenvalue weighted by atomic mass is 10.0. The number of anilines is 1. The third-order valence-electron chi connectivity index (χ3n) is 5.82. The summed E-state index contributed by atoms with van der Waals surface area (Å²) in [5.41, 5.74) is 4.22. The Bertz CT molecular complexity index is 1450. The van der Waals surface area contributed by atoms with Crippen LogP contribution >= 0.6 is 15.9 Å². The standard InChI is InChI=1S/C28H21BrN4O3/c29-23-20(15-16-22(23)31-26(34)18-11-5-2-6-12-18)27(35)33-25-28(36)30-21-14-8-7-13-19(21)24(32-25)17-9-3-1-4-10-17/h1-15,25H,16H2,(H,30,36)(H,31,34)(H,33,35). The van der Waals surface area contributed by atoms with Crippen LogP contribution in [0.1, 0.15) is 27.9 Å². The largest absolute Gasteiger partial charge is 0.324 e. The number of carbonyl (C=O) groups excluding carboxylic acids is 3. The Balaban J connectivity index is 1.38. The van der Waals surface area contributed by atoms with E-state index in [-0.39, 0.29) is 5.91 Å². The van der Waals surface area contributed by atoms with E-state index in [0.29, 0.717) is 39.1 Å². The number of amides is 3. The number of carbonyl (C=O) groups is 3. The zero-order chi connectivity index (χ0) is 25.1. The lowest BCUT2D eigenvalue weighted by Crippen LogP contribution is -2.43. The maximum Gasteiger partial charge on any atom is 0.269 e. The minimum absolute atomic E-state index is 0.268. The molecule has 36 heavy (non-hydrogen) atoms. The van der Waals surface area contributed by atoms with Gasteiger partial charge in [-0.3, -0.25) is 14.4 Å². The summed E-state index contributed by atoms with van der Waals surface area (Å²) in [7, 11) is 0. The van der Waals surface area contributed by atoms with Gasteiger partial charge in [-0.25, -0.2) is 4.99 Å². The van der Waals surface area contributed by atoms with E-state index in [0.717, 1.165) is 11.1 Å². The van der Waals surface area contributed by atoms with Crippen molar-refractivity contribution in [2.75, 3.05) is 5.32 Å². The highest BCUT2D eigenvalue weighted by atomic mass is 79.9. The summed E-state index contributed by atoms with van der Waals surface area (Å²) < 4.78 is 0.467. The molecule has 0 aromatic heterocycles. The van der Waals surface area contributed by atoms with E-state index < -0.39 is 18.0 Å². The number of benzodiazepines with no additional fused rings is 1. The molecule has 1 unspecified atom stereocenters. The van der Waals surface area contributed by atoms with Crippen LogP contribution in [0.5, 0.6) is 0 Å². The average molecular weight is 541 g/mol. The van der Waals surface area contributed by atoms with Crippen LogP contribution in [-0.4, -0.2) is 29.6 Å². The van der Waals surface area contributed by atoms with Crippen LogP contribution < -0.4 is 16.0 Å². The Morgan fingerprint density at radius 2 is 1.56 bits per heavy atom. The summed E-state index contributed by atoms with van der Waals surface area (Å²) in [4.78, 5) is 43.4. The average Bonchev–Trinajstić information content (AvgIpc) is 3.20. The van der Waals surface area contributed by atoms with Crippen LogP contribution in [0.3, 0.4) is 0 Å². The van der Waals surface area contributed by atoms with Crippen molar-refractivity contribution in [1.29, 1.82) is 0 Å². The van der Waals surface area contributed by atoms with E-state index in [4.69, 9.17) is 0 Å². The van der Waals surface area contributed by atoms with Gasteiger partial charge in [-0.05, 0) is 34.1 Å². The monoisotopic (exact) mass is 540 g/mol. The molecule has 3 aromatic rings. The smallest absolute Gasteiger partial charge is 0.269 e. The predicted molar refractivity (Wildman–Crippen MR) is 142 cm³/mol. The molecule has 3 N–H and O–H groups in total. The van der Waals surface area contributed by atoms with Crippen molar-refractivity contribution in [3.05, 3.63) is 123 Å². The quantitative estimate of drug-likeness (QED) is 0.450. The first kappa shape index (κ1) is 23.4. The number of nitrogens with one attached hydrogen (secondary N) is 3. The number of nitrogens with zero attached hydrogens (tertiary/aromatic N) is 1. The van der Waals surface area contributed by atoms with Gasteiger partial charge in [-0.1, -0.05) is 72.8 Å². The van der Waals surface area contributed by atoms with Crippen LogP contribution in [0.4, 0.5) is 5.69 Å². The third-order valence-corrected chi connectivity index (χ3v) is 6.72. The van der Waals surface area contributed by atoms with E-state index in [1.54, 1.807) is 36.4 Å². The summed E-state index contributed by atoms with van der Waals surface area (Å²) in [6.45, 7) is 0. The fraction of sp³-hybridized carbons (Fsp3) is 0.0714. The molecule has 3 aromatic carbocycles. The number of allylic oxidation sites excluding steroid dienone is 1. The molecule has 0 fully saturated rings. The molecule has 5 rings (SSSR count). The molecule has 8 heteroatoms. The second-order valence-electron chi connectivity index (χ2n) is 8.19. The number of hydrogen-bond donors (Lipinski definition) is 3. The highest BCUT2D eigenvalue weighted by Crippen LogP contribution is 2.30. The second kappa shape index (κ2) is 10.1. The Labute approximate surface area is 216 Å². The van der Waals surface area contributed by atoms with Gasteiger partial charge in [-0.15, -0.1) is 0 Å². The molecule has 0 spiro atoms. The fourth-order valence-electron chi connectivity index (χ4n) is 4.03. The molecular weight excluding hydrogens is 520 g/mol. The van der Waals surface area contributed by atoms with Gasteiger partial charge in [0, 0.05) is 33.3 Å². The number of fused-ring (bicyclic) bond motifs is 1. The van der Waals surface area contributed by atoms with Crippen molar-refractivity contribution in [2.45, 2.75) is 12.6 Å². The molecule has 7 nitrogen and oxygen atoms in total. The summed E-state index contributed by atoms with van der Waals surface area (Å²) >= 11 is 3.44. The number of rotatable bonds is 5. The van der Waals surface area contributed by atoms with E-state index in [1.807, 2.05) is 54.6 Å². The zero-order valence-corrected chi connectivity index (χ0v) is 20.6. The molecule has 3 amide bonds. The van der Waals surface area contributed by atoms with Gasteiger partial charge in [-0.2, -0.15) is 0 Å². The van der Waals surface area contributed by atoms with Crippen molar-refractivity contribution in [1.82, 2.24) is 10.6 Å². The first-order valence-corrected chi connectivity index (χ1v) is 12.1. The van der Waals surface area contributed by atoms with Crippen molar-refractivity contribution in [2.24, 2.45) is 4.99 Å². The first-order chi connectivity index (χ1) is 17.5. The maximum absolute atomic E-state index is 13.2. The van der Waals surface area contributed by atoms with E-state index in [1.165, 1.54) is 0 Å². The third kappa shape index (κ3) is 4.76. The minimum atomic E-state index is -1.15. The molecule has 1 aliphatic heterocycles. The molecule has 2 aliphatic rings. The van der Waals surface area contributed by atoms with Gasteiger partial charge in [0.1, 0.15) is 0 Å². The van der Waals surface area contributed by atoms with Crippen LogP contribution in [0, 0.1) is 0 Å². The minimum Gasteiger partial charge on any atom is -0.324 e. The normalized spacial score (nSPS) is 16.8. The molecular formula is C28H21BrN4O3. The Morgan fingerprint density at radius 3 is 2.31 bits per heavy atom. The lowest BCUT2D eigenvalue weighted by molar-refractivity contribution is -0.123. The van der Waals surface area contributed by atoms with Gasteiger partial charge in [0.05, 0.1) is 17.0 Å². The summed E-state index contributed by atoms with van der Waals surface area (Å²) in [6, 6.07) is 25.7. The maximum atomic E-state index is 13.2. The number of halogens is 1. The summed E-state index contributed by atoms with van der Waals surface area (Å²) in [5.74, 6) is -1.19. The van der Waals surface area contributed by atoms with Gasteiger partial charge in [0.2, 0.25) is 6.17 Å².